The third-order valence-corrected chi connectivity index (χ3v) is 4.45. The van der Waals surface area contributed by atoms with E-state index >= 15 is 0 Å². The number of nitrogen functional groups attached to an aromatic ring is 1. The number of nitrogens with two attached hydrogens (primary N) is 1. The number of nitro groups is 1. The van der Waals surface area contributed by atoms with E-state index < -0.39 is 10.8 Å². The number of fused-ring (bicyclic) bond motifs is 1. The number of halogens is 1. The molecule has 1 unspecified atom stereocenters. The molecule has 0 aliphatic heterocycles. The first-order valence-electron chi connectivity index (χ1n) is 7.90. The van der Waals surface area contributed by atoms with Gasteiger partial charge in [0, 0.05) is 11.3 Å². The maximum absolute atomic E-state index is 12.6. The lowest BCUT2D eigenvalue weighted by atomic mass is 9.87. The Morgan fingerprint density at radius 3 is 2.80 bits per heavy atom. The van der Waals surface area contributed by atoms with Gasteiger partial charge in [0.25, 0.3) is 11.6 Å². The Morgan fingerprint density at radius 2 is 2.08 bits per heavy atom. The zero-order valence-corrected chi connectivity index (χ0v) is 14.6. The summed E-state index contributed by atoms with van der Waals surface area (Å²) in [5.41, 5.74) is 9.14. The number of anilines is 1. The predicted molar refractivity (Wildman–Crippen MR) is 99.1 cm³/mol. The van der Waals surface area contributed by atoms with Crippen LogP contribution in [0.25, 0.3) is 0 Å². The van der Waals surface area contributed by atoms with Gasteiger partial charge in [0.15, 0.2) is 0 Å². The number of nitrogens with one attached hydrogen (secondary N) is 1. The van der Waals surface area contributed by atoms with E-state index in [1.165, 1.54) is 6.07 Å². The van der Waals surface area contributed by atoms with Crippen molar-refractivity contribution in [3.05, 3.63) is 68.8 Å². The fourth-order valence-corrected chi connectivity index (χ4v) is 3.30. The van der Waals surface area contributed by atoms with Crippen molar-refractivity contribution in [2.45, 2.75) is 32.2 Å². The van der Waals surface area contributed by atoms with Crippen LogP contribution in [0.2, 0.25) is 0 Å². The Labute approximate surface area is 152 Å². The Balaban J connectivity index is 0.00000225. The summed E-state index contributed by atoms with van der Waals surface area (Å²) >= 11 is 0. The number of amides is 1. The lowest BCUT2D eigenvalue weighted by molar-refractivity contribution is -0.385. The van der Waals surface area contributed by atoms with E-state index in [0.717, 1.165) is 30.4 Å². The molecule has 1 aliphatic carbocycles. The standard InChI is InChI=1S/C18H19N3O3.ClH/c1-11-4-2-6-15(17(11)21(23)24)18(22)20-16-7-3-5-12-10-13(19)8-9-14(12)16;/h2,4,6,8-10,16H,3,5,7,19H2,1H3,(H,20,22);1H. The summed E-state index contributed by atoms with van der Waals surface area (Å²) in [6.45, 7) is 1.63. The van der Waals surface area contributed by atoms with Crippen molar-refractivity contribution in [3.63, 3.8) is 0 Å². The molecule has 0 saturated carbocycles. The zero-order chi connectivity index (χ0) is 17.3. The van der Waals surface area contributed by atoms with E-state index in [2.05, 4.69) is 5.32 Å². The van der Waals surface area contributed by atoms with Gasteiger partial charge >= 0.3 is 0 Å². The van der Waals surface area contributed by atoms with Crippen LogP contribution in [0, 0.1) is 17.0 Å². The second-order valence-corrected chi connectivity index (χ2v) is 6.10. The lowest BCUT2D eigenvalue weighted by Crippen LogP contribution is -2.31. The molecule has 1 aliphatic rings. The molecule has 6 nitrogen and oxygen atoms in total. The highest BCUT2D eigenvalue weighted by Gasteiger charge is 2.27. The smallest absolute Gasteiger partial charge is 0.285 e. The monoisotopic (exact) mass is 361 g/mol. The van der Waals surface area contributed by atoms with E-state index in [1.807, 2.05) is 18.2 Å². The van der Waals surface area contributed by atoms with Gasteiger partial charge in [-0.25, -0.2) is 0 Å². The first-order valence-corrected chi connectivity index (χ1v) is 7.90. The third-order valence-electron chi connectivity index (χ3n) is 4.45. The number of para-hydroxylation sites is 1. The third kappa shape index (κ3) is 3.74. The molecule has 0 bridgehead atoms. The van der Waals surface area contributed by atoms with Gasteiger partial charge in [0.2, 0.25) is 0 Å². The van der Waals surface area contributed by atoms with E-state index in [4.69, 9.17) is 5.73 Å². The minimum Gasteiger partial charge on any atom is -0.399 e. The molecule has 0 saturated heterocycles. The summed E-state index contributed by atoms with van der Waals surface area (Å²) in [7, 11) is 0. The van der Waals surface area contributed by atoms with Gasteiger partial charge in [-0.05, 0) is 55.5 Å². The minimum atomic E-state index is -0.500. The van der Waals surface area contributed by atoms with Crippen molar-refractivity contribution in [1.29, 1.82) is 0 Å². The van der Waals surface area contributed by atoms with E-state index in [1.54, 1.807) is 19.1 Å². The van der Waals surface area contributed by atoms with E-state index in [9.17, 15) is 14.9 Å². The molecule has 3 rings (SSSR count). The molecule has 1 amide bonds. The van der Waals surface area contributed by atoms with Gasteiger partial charge in [-0.15, -0.1) is 12.4 Å². The van der Waals surface area contributed by atoms with Crippen LogP contribution in [0.5, 0.6) is 0 Å². The Kier molecular flexibility index (Phi) is 5.64. The largest absolute Gasteiger partial charge is 0.399 e. The van der Waals surface area contributed by atoms with Crippen LogP contribution in [0.15, 0.2) is 36.4 Å². The molecule has 2 aromatic rings. The van der Waals surface area contributed by atoms with Gasteiger partial charge in [-0.3, -0.25) is 14.9 Å². The minimum absolute atomic E-state index is 0. The fraction of sp³-hybridized carbons (Fsp3) is 0.278. The quantitative estimate of drug-likeness (QED) is 0.494. The van der Waals surface area contributed by atoms with Crippen molar-refractivity contribution in [2.75, 3.05) is 5.73 Å². The number of carbonyl (C=O) groups is 1. The van der Waals surface area contributed by atoms with Crippen molar-refractivity contribution in [2.24, 2.45) is 0 Å². The van der Waals surface area contributed by atoms with Crippen LogP contribution in [-0.4, -0.2) is 10.8 Å². The highest BCUT2D eigenvalue weighted by atomic mass is 35.5. The second-order valence-electron chi connectivity index (χ2n) is 6.10. The number of hydrogen-bond donors (Lipinski definition) is 2. The second kappa shape index (κ2) is 7.53. The average Bonchev–Trinajstić information content (AvgIpc) is 2.54. The maximum atomic E-state index is 12.6. The summed E-state index contributed by atoms with van der Waals surface area (Å²) in [5, 5.41) is 14.2. The summed E-state index contributed by atoms with van der Waals surface area (Å²) in [6, 6.07) is 10.3. The molecule has 0 fully saturated rings. The summed E-state index contributed by atoms with van der Waals surface area (Å²) in [5.74, 6) is -0.417. The van der Waals surface area contributed by atoms with Gasteiger partial charge < -0.3 is 11.1 Å². The fourth-order valence-electron chi connectivity index (χ4n) is 3.30. The average molecular weight is 362 g/mol. The maximum Gasteiger partial charge on any atom is 0.285 e. The van der Waals surface area contributed by atoms with Crippen molar-refractivity contribution < 1.29 is 9.72 Å². The molecular weight excluding hydrogens is 342 g/mol. The SMILES string of the molecule is Cc1cccc(C(=O)NC2CCCc3cc(N)ccc32)c1[N+](=O)[O-].Cl. The van der Waals surface area contributed by atoms with Crippen molar-refractivity contribution in [3.8, 4) is 0 Å². The van der Waals surface area contributed by atoms with Crippen LogP contribution in [0.4, 0.5) is 11.4 Å². The molecule has 0 spiro atoms. The number of carbonyl (C=O) groups excluding carboxylic acids is 1. The van der Waals surface area contributed by atoms with Crippen molar-refractivity contribution >= 4 is 29.7 Å². The summed E-state index contributed by atoms with van der Waals surface area (Å²) in [4.78, 5) is 23.4. The topological polar surface area (TPSA) is 98.3 Å². The molecule has 0 radical (unpaired) electrons. The zero-order valence-electron chi connectivity index (χ0n) is 13.8. The van der Waals surface area contributed by atoms with Gasteiger partial charge in [0.05, 0.1) is 11.0 Å². The Bertz CT molecular complexity index is 823. The number of nitro benzene ring substituents is 1. The lowest BCUT2D eigenvalue weighted by Gasteiger charge is -2.26. The number of benzene rings is 2. The molecule has 0 aromatic heterocycles. The molecular formula is C18H20ClN3O3. The van der Waals surface area contributed by atoms with Gasteiger partial charge in [-0.1, -0.05) is 18.2 Å². The molecule has 2 aromatic carbocycles. The predicted octanol–water partition coefficient (Wildman–Crippen LogP) is 3.71. The van der Waals surface area contributed by atoms with Crippen LogP contribution in [-0.2, 0) is 6.42 Å². The van der Waals surface area contributed by atoms with Crippen LogP contribution in [0.3, 0.4) is 0 Å². The number of hydrogen-bond acceptors (Lipinski definition) is 4. The Morgan fingerprint density at radius 1 is 1.32 bits per heavy atom. The number of rotatable bonds is 3. The van der Waals surface area contributed by atoms with Crippen LogP contribution in [0.1, 0.15) is 45.9 Å². The molecule has 1 atom stereocenters. The van der Waals surface area contributed by atoms with Crippen molar-refractivity contribution in [1.82, 2.24) is 5.32 Å². The van der Waals surface area contributed by atoms with Gasteiger partial charge in [-0.2, -0.15) is 0 Å². The Hall–Kier alpha value is -2.60. The van der Waals surface area contributed by atoms with Crippen LogP contribution < -0.4 is 11.1 Å². The van der Waals surface area contributed by atoms with Gasteiger partial charge in [0.1, 0.15) is 5.56 Å². The van der Waals surface area contributed by atoms with Crippen LogP contribution >= 0.6 is 12.4 Å². The molecule has 25 heavy (non-hydrogen) atoms. The van der Waals surface area contributed by atoms with E-state index in [0.29, 0.717) is 11.3 Å². The molecule has 3 N–H and O–H groups in total. The molecule has 132 valence electrons. The number of aryl methyl sites for hydroxylation is 2. The highest BCUT2D eigenvalue weighted by molar-refractivity contribution is 5.98. The number of nitrogens with zero attached hydrogens (tertiary/aromatic N) is 1. The summed E-state index contributed by atoms with van der Waals surface area (Å²) < 4.78 is 0. The molecule has 0 heterocycles. The first-order chi connectivity index (χ1) is 11.5. The highest BCUT2D eigenvalue weighted by Crippen LogP contribution is 2.32. The molecule has 7 heteroatoms. The van der Waals surface area contributed by atoms with E-state index in [-0.39, 0.29) is 29.7 Å². The first kappa shape index (κ1) is 18.7. The summed E-state index contributed by atoms with van der Waals surface area (Å²) in [6.07, 6.45) is 2.68. The normalized spacial score (nSPS) is 15.6.